The Balaban J connectivity index is 2.06. The number of hydrogen-bond acceptors (Lipinski definition) is 3. The van der Waals surface area contributed by atoms with Crippen LogP contribution in [0.4, 0.5) is 0 Å². The lowest BCUT2D eigenvalue weighted by Gasteiger charge is -2.39. The monoisotopic (exact) mass is 268 g/mol. The zero-order valence-electron chi connectivity index (χ0n) is 11.6. The van der Waals surface area contributed by atoms with E-state index in [2.05, 4.69) is 10.6 Å². The molecule has 1 amide bonds. The van der Waals surface area contributed by atoms with E-state index >= 15 is 0 Å². The number of rotatable bonds is 4. The van der Waals surface area contributed by atoms with E-state index < -0.39 is 17.0 Å². The van der Waals surface area contributed by atoms with E-state index in [0.717, 1.165) is 51.5 Å². The van der Waals surface area contributed by atoms with Crippen molar-refractivity contribution in [3.8, 4) is 0 Å². The minimum atomic E-state index is -0.827. The average Bonchev–Trinajstić information content (AvgIpc) is 2.77. The number of carboxylic acids is 1. The maximum absolute atomic E-state index is 12.5. The highest BCUT2D eigenvalue weighted by Crippen LogP contribution is 2.32. The van der Waals surface area contributed by atoms with Gasteiger partial charge in [0.2, 0.25) is 5.91 Å². The van der Waals surface area contributed by atoms with Gasteiger partial charge in [0.1, 0.15) is 0 Å². The Labute approximate surface area is 114 Å². The molecule has 2 rings (SSSR count). The van der Waals surface area contributed by atoms with Gasteiger partial charge in [0.25, 0.3) is 0 Å². The highest BCUT2D eigenvalue weighted by molar-refractivity contribution is 5.87. The lowest BCUT2D eigenvalue weighted by Crippen LogP contribution is -2.59. The first-order valence-electron chi connectivity index (χ1n) is 7.25. The molecule has 0 spiro atoms. The van der Waals surface area contributed by atoms with Crippen LogP contribution in [0.15, 0.2) is 0 Å². The van der Waals surface area contributed by atoms with Gasteiger partial charge in [-0.15, -0.1) is 0 Å². The minimum absolute atomic E-state index is 0.0341. The second-order valence-corrected chi connectivity index (χ2v) is 6.23. The quantitative estimate of drug-likeness (QED) is 0.720. The lowest BCUT2D eigenvalue weighted by atomic mass is 9.78. The molecule has 19 heavy (non-hydrogen) atoms. The van der Waals surface area contributed by atoms with Crippen molar-refractivity contribution in [1.82, 2.24) is 10.6 Å². The van der Waals surface area contributed by atoms with Gasteiger partial charge in [-0.3, -0.25) is 9.59 Å². The SMILES string of the molecule is CC1(C(=O)NC2(CC(=O)O)CCCCC2)CCCN1. The summed E-state index contributed by atoms with van der Waals surface area (Å²) in [4.78, 5) is 23.5. The van der Waals surface area contributed by atoms with E-state index in [-0.39, 0.29) is 12.3 Å². The van der Waals surface area contributed by atoms with Gasteiger partial charge in [0.05, 0.1) is 17.5 Å². The van der Waals surface area contributed by atoms with Gasteiger partial charge in [-0.2, -0.15) is 0 Å². The molecule has 0 aromatic heterocycles. The van der Waals surface area contributed by atoms with Gasteiger partial charge in [0, 0.05) is 0 Å². The van der Waals surface area contributed by atoms with E-state index in [4.69, 9.17) is 5.11 Å². The van der Waals surface area contributed by atoms with Crippen LogP contribution in [0.25, 0.3) is 0 Å². The Morgan fingerprint density at radius 1 is 1.16 bits per heavy atom. The summed E-state index contributed by atoms with van der Waals surface area (Å²) >= 11 is 0. The number of hydrogen-bond donors (Lipinski definition) is 3. The molecule has 1 atom stereocenters. The van der Waals surface area contributed by atoms with Gasteiger partial charge in [0.15, 0.2) is 0 Å². The summed E-state index contributed by atoms with van der Waals surface area (Å²) in [5.41, 5.74) is -1.06. The van der Waals surface area contributed by atoms with Gasteiger partial charge < -0.3 is 15.7 Å². The minimum Gasteiger partial charge on any atom is -0.481 e. The molecule has 1 unspecified atom stereocenters. The fourth-order valence-electron chi connectivity index (χ4n) is 3.33. The average molecular weight is 268 g/mol. The van der Waals surface area contributed by atoms with E-state index in [1.54, 1.807) is 0 Å². The summed E-state index contributed by atoms with van der Waals surface area (Å²) in [6.45, 7) is 2.77. The number of nitrogens with one attached hydrogen (secondary N) is 2. The van der Waals surface area contributed by atoms with Crippen molar-refractivity contribution in [2.45, 2.75) is 69.4 Å². The molecule has 0 radical (unpaired) electrons. The van der Waals surface area contributed by atoms with Gasteiger partial charge >= 0.3 is 5.97 Å². The fourth-order valence-corrected chi connectivity index (χ4v) is 3.33. The smallest absolute Gasteiger partial charge is 0.305 e. The van der Waals surface area contributed by atoms with Crippen LogP contribution in [0.1, 0.15) is 58.3 Å². The molecule has 0 bridgehead atoms. The van der Waals surface area contributed by atoms with Crippen LogP contribution < -0.4 is 10.6 Å². The molecule has 1 saturated heterocycles. The molecule has 1 saturated carbocycles. The van der Waals surface area contributed by atoms with Crippen molar-refractivity contribution in [2.24, 2.45) is 0 Å². The topological polar surface area (TPSA) is 78.4 Å². The summed E-state index contributed by atoms with van der Waals surface area (Å²) in [6.07, 6.45) is 6.54. The number of carboxylic acid groups (broad SMARTS) is 1. The molecule has 3 N–H and O–H groups in total. The summed E-state index contributed by atoms with van der Waals surface area (Å²) in [6, 6.07) is 0. The molecule has 2 aliphatic rings. The molecule has 1 heterocycles. The normalized spacial score (nSPS) is 29.9. The second-order valence-electron chi connectivity index (χ2n) is 6.23. The van der Waals surface area contributed by atoms with Crippen LogP contribution >= 0.6 is 0 Å². The Kier molecular flexibility index (Phi) is 4.13. The number of aliphatic carboxylic acids is 1. The first kappa shape index (κ1) is 14.3. The third kappa shape index (κ3) is 3.26. The lowest BCUT2D eigenvalue weighted by molar-refractivity contribution is -0.140. The van der Waals surface area contributed by atoms with Crippen molar-refractivity contribution >= 4 is 11.9 Å². The van der Waals surface area contributed by atoms with E-state index in [9.17, 15) is 9.59 Å². The highest BCUT2D eigenvalue weighted by atomic mass is 16.4. The molecule has 1 aliphatic heterocycles. The summed E-state index contributed by atoms with van der Waals surface area (Å²) in [7, 11) is 0. The Morgan fingerprint density at radius 2 is 1.84 bits per heavy atom. The third-order valence-electron chi connectivity index (χ3n) is 4.55. The first-order valence-corrected chi connectivity index (χ1v) is 7.25. The van der Waals surface area contributed by atoms with Gasteiger partial charge in [-0.1, -0.05) is 19.3 Å². The molecular formula is C14H24N2O3. The standard InChI is InChI=1S/C14H24N2O3/c1-13(6-5-9-15-13)12(19)16-14(10-11(17)18)7-3-2-4-8-14/h15H,2-10H2,1H3,(H,16,19)(H,17,18). The number of carbonyl (C=O) groups excluding carboxylic acids is 1. The molecule has 1 aliphatic carbocycles. The summed E-state index contributed by atoms with van der Waals surface area (Å²) in [5.74, 6) is -0.861. The maximum Gasteiger partial charge on any atom is 0.305 e. The molecule has 2 fully saturated rings. The van der Waals surface area contributed by atoms with Crippen LogP contribution in [0.3, 0.4) is 0 Å². The largest absolute Gasteiger partial charge is 0.481 e. The molecule has 108 valence electrons. The predicted octanol–water partition coefficient (Wildman–Crippen LogP) is 1.42. The predicted molar refractivity (Wildman–Crippen MR) is 71.9 cm³/mol. The van der Waals surface area contributed by atoms with Crippen LogP contribution in [-0.4, -0.2) is 34.6 Å². The van der Waals surface area contributed by atoms with Crippen molar-refractivity contribution < 1.29 is 14.7 Å². The Bertz CT molecular complexity index is 356. The zero-order chi connectivity index (χ0) is 13.9. The summed E-state index contributed by atoms with van der Waals surface area (Å²) < 4.78 is 0. The number of amides is 1. The van der Waals surface area contributed by atoms with Crippen molar-refractivity contribution in [1.29, 1.82) is 0 Å². The Hall–Kier alpha value is -1.10. The molecule has 5 nitrogen and oxygen atoms in total. The van der Waals surface area contributed by atoms with Crippen molar-refractivity contribution in [3.05, 3.63) is 0 Å². The molecule has 5 heteroatoms. The number of carbonyl (C=O) groups is 2. The van der Waals surface area contributed by atoms with Crippen LogP contribution in [-0.2, 0) is 9.59 Å². The highest BCUT2D eigenvalue weighted by Gasteiger charge is 2.42. The van der Waals surface area contributed by atoms with Crippen LogP contribution in [0, 0.1) is 0 Å². The fraction of sp³-hybridized carbons (Fsp3) is 0.857. The maximum atomic E-state index is 12.5. The molecular weight excluding hydrogens is 244 g/mol. The molecule has 0 aromatic rings. The zero-order valence-corrected chi connectivity index (χ0v) is 11.6. The summed E-state index contributed by atoms with van der Waals surface area (Å²) in [5, 5.41) is 15.4. The van der Waals surface area contributed by atoms with Crippen molar-refractivity contribution in [3.63, 3.8) is 0 Å². The second kappa shape index (κ2) is 5.49. The van der Waals surface area contributed by atoms with E-state index in [0.29, 0.717) is 0 Å². The van der Waals surface area contributed by atoms with Crippen LogP contribution in [0.5, 0.6) is 0 Å². The van der Waals surface area contributed by atoms with Gasteiger partial charge in [-0.25, -0.2) is 0 Å². The first-order chi connectivity index (χ1) is 8.96. The van der Waals surface area contributed by atoms with Gasteiger partial charge in [-0.05, 0) is 39.2 Å². The third-order valence-corrected chi connectivity index (χ3v) is 4.55. The van der Waals surface area contributed by atoms with E-state index in [1.165, 1.54) is 0 Å². The molecule has 0 aromatic carbocycles. The Morgan fingerprint density at radius 3 is 2.37 bits per heavy atom. The van der Waals surface area contributed by atoms with E-state index in [1.807, 2.05) is 6.92 Å². The van der Waals surface area contributed by atoms with Crippen molar-refractivity contribution in [2.75, 3.05) is 6.54 Å². The van der Waals surface area contributed by atoms with Crippen LogP contribution in [0.2, 0.25) is 0 Å².